The summed E-state index contributed by atoms with van der Waals surface area (Å²) in [5.74, 6) is 0.0252. The fraction of sp³-hybridized carbons (Fsp3) is 0.133. The molecule has 7 nitrogen and oxygen atoms in total. The maximum atomic E-state index is 12.1. The predicted octanol–water partition coefficient (Wildman–Crippen LogP) is 1.58. The van der Waals surface area contributed by atoms with Crippen LogP contribution in [0.5, 0.6) is 11.5 Å². The van der Waals surface area contributed by atoms with E-state index in [4.69, 9.17) is 20.0 Å². The molecule has 1 aromatic heterocycles. The summed E-state index contributed by atoms with van der Waals surface area (Å²) in [6, 6.07) is 8.25. The molecule has 0 aliphatic heterocycles. The van der Waals surface area contributed by atoms with Gasteiger partial charge in [-0.25, -0.2) is 4.79 Å². The van der Waals surface area contributed by atoms with Crippen molar-refractivity contribution in [1.29, 1.82) is 0 Å². The summed E-state index contributed by atoms with van der Waals surface area (Å²) in [5, 5.41) is 3.61. The molecule has 7 heteroatoms. The van der Waals surface area contributed by atoms with Gasteiger partial charge in [0.1, 0.15) is 5.56 Å². The van der Waals surface area contributed by atoms with Crippen LogP contribution in [0, 0.1) is 0 Å². The molecule has 0 radical (unpaired) electrons. The lowest BCUT2D eigenvalue weighted by Crippen LogP contribution is -2.15. The van der Waals surface area contributed by atoms with Crippen LogP contribution in [0.25, 0.3) is 0 Å². The fourth-order valence-corrected chi connectivity index (χ4v) is 1.75. The van der Waals surface area contributed by atoms with Gasteiger partial charge in [-0.15, -0.1) is 0 Å². The first-order valence-corrected chi connectivity index (χ1v) is 6.33. The molecule has 22 heavy (non-hydrogen) atoms. The number of nitrogens with zero attached hydrogens (tertiary/aromatic N) is 2. The van der Waals surface area contributed by atoms with Gasteiger partial charge in [-0.2, -0.15) is 0 Å². The minimum atomic E-state index is -0.706. The Morgan fingerprint density at radius 2 is 2.00 bits per heavy atom. The quantitative estimate of drug-likeness (QED) is 0.390. The van der Waals surface area contributed by atoms with E-state index in [1.165, 1.54) is 20.4 Å². The van der Waals surface area contributed by atoms with E-state index in [0.29, 0.717) is 11.3 Å². The number of carbonyl (C=O) groups is 1. The van der Waals surface area contributed by atoms with Crippen molar-refractivity contribution in [2.24, 2.45) is 10.9 Å². The lowest BCUT2D eigenvalue weighted by Gasteiger charge is -2.10. The molecular weight excluding hydrogens is 286 g/mol. The van der Waals surface area contributed by atoms with E-state index in [1.54, 1.807) is 36.5 Å². The van der Waals surface area contributed by atoms with Crippen LogP contribution in [0.1, 0.15) is 15.9 Å². The summed E-state index contributed by atoms with van der Waals surface area (Å²) in [6.07, 6.45) is 3.11. The van der Waals surface area contributed by atoms with E-state index in [9.17, 15) is 4.79 Å². The van der Waals surface area contributed by atoms with Gasteiger partial charge < -0.3 is 20.0 Å². The smallest absolute Gasteiger partial charge is 0.369 e. The molecule has 0 spiro atoms. The van der Waals surface area contributed by atoms with Gasteiger partial charge in [0.25, 0.3) is 0 Å². The van der Waals surface area contributed by atoms with Gasteiger partial charge in [-0.05, 0) is 24.3 Å². The molecule has 0 saturated carbocycles. The normalized spacial score (nSPS) is 10.9. The minimum Gasteiger partial charge on any atom is -0.493 e. The van der Waals surface area contributed by atoms with Crippen LogP contribution in [-0.4, -0.2) is 31.0 Å². The Balaban J connectivity index is 2.20. The number of benzene rings is 1. The molecule has 2 aromatic rings. The molecule has 0 saturated heterocycles. The van der Waals surface area contributed by atoms with Crippen molar-refractivity contribution in [3.8, 4) is 11.5 Å². The summed E-state index contributed by atoms with van der Waals surface area (Å²) < 4.78 is 10.3. The van der Waals surface area contributed by atoms with Gasteiger partial charge >= 0.3 is 5.97 Å². The number of amidine groups is 1. The number of rotatable bonds is 5. The summed E-state index contributed by atoms with van der Waals surface area (Å²) >= 11 is 0. The third-order valence-electron chi connectivity index (χ3n) is 2.81. The second-order valence-corrected chi connectivity index (χ2v) is 4.14. The van der Waals surface area contributed by atoms with E-state index < -0.39 is 5.97 Å². The third kappa shape index (κ3) is 3.32. The van der Waals surface area contributed by atoms with Crippen LogP contribution in [0.2, 0.25) is 0 Å². The Morgan fingerprint density at radius 3 is 2.64 bits per heavy atom. The molecule has 0 bridgehead atoms. The molecule has 2 N–H and O–H groups in total. The number of nitrogens with two attached hydrogens (primary N) is 1. The fourth-order valence-electron chi connectivity index (χ4n) is 1.75. The lowest BCUT2D eigenvalue weighted by molar-refractivity contribution is 0.0511. The first-order chi connectivity index (χ1) is 10.7. The Hall–Kier alpha value is -3.09. The van der Waals surface area contributed by atoms with E-state index in [1.807, 2.05) is 0 Å². The predicted molar refractivity (Wildman–Crippen MR) is 79.9 cm³/mol. The molecular formula is C15H15N3O4. The highest BCUT2D eigenvalue weighted by atomic mass is 16.7. The Labute approximate surface area is 127 Å². The molecule has 1 aromatic carbocycles. The van der Waals surface area contributed by atoms with Crippen LogP contribution >= 0.6 is 0 Å². The topological polar surface area (TPSA) is 96.0 Å². The highest BCUT2D eigenvalue weighted by Crippen LogP contribution is 2.31. The van der Waals surface area contributed by atoms with E-state index in [0.717, 1.165) is 0 Å². The summed E-state index contributed by atoms with van der Waals surface area (Å²) in [6.45, 7) is 0. The lowest BCUT2D eigenvalue weighted by atomic mass is 10.2. The van der Waals surface area contributed by atoms with Crippen LogP contribution in [0.15, 0.2) is 47.9 Å². The molecule has 0 aliphatic rings. The average molecular weight is 301 g/mol. The van der Waals surface area contributed by atoms with Crippen molar-refractivity contribution >= 4 is 11.8 Å². The van der Waals surface area contributed by atoms with Crippen LogP contribution < -0.4 is 15.2 Å². The second kappa shape index (κ2) is 7.07. The Kier molecular flexibility index (Phi) is 4.92. The molecule has 2 rings (SSSR count). The van der Waals surface area contributed by atoms with Crippen LogP contribution in [-0.2, 0) is 4.84 Å². The van der Waals surface area contributed by atoms with Gasteiger partial charge in [0.15, 0.2) is 17.3 Å². The zero-order chi connectivity index (χ0) is 15.9. The van der Waals surface area contributed by atoms with E-state index in [2.05, 4.69) is 10.1 Å². The van der Waals surface area contributed by atoms with Gasteiger partial charge in [0, 0.05) is 18.0 Å². The van der Waals surface area contributed by atoms with E-state index in [-0.39, 0.29) is 17.1 Å². The summed E-state index contributed by atoms with van der Waals surface area (Å²) in [7, 11) is 2.91. The number of aromatic nitrogens is 1. The number of pyridine rings is 1. The number of ether oxygens (including phenoxy) is 2. The Morgan fingerprint density at radius 1 is 1.18 bits per heavy atom. The van der Waals surface area contributed by atoms with Gasteiger partial charge in [0.05, 0.1) is 14.2 Å². The Bertz CT molecular complexity index is 686. The van der Waals surface area contributed by atoms with Crippen molar-refractivity contribution in [3.63, 3.8) is 0 Å². The molecule has 1 heterocycles. The highest BCUT2D eigenvalue weighted by Gasteiger charge is 2.18. The van der Waals surface area contributed by atoms with Crippen molar-refractivity contribution in [1.82, 2.24) is 4.98 Å². The number of carbonyl (C=O) groups excluding carboxylic acids is 1. The molecule has 114 valence electrons. The zero-order valence-corrected chi connectivity index (χ0v) is 12.1. The number of methoxy groups -OCH3 is 2. The standard InChI is InChI=1S/C15H15N3O4/c1-20-12-7-3-6-11(13(12)21-2)15(19)22-18-14(16)10-5-4-8-17-9-10/h3-9H,1-2H3,(H2,16,18). The largest absolute Gasteiger partial charge is 0.493 e. The molecule has 0 fully saturated rings. The summed E-state index contributed by atoms with van der Waals surface area (Å²) in [5.41, 5.74) is 6.46. The van der Waals surface area contributed by atoms with E-state index >= 15 is 0 Å². The average Bonchev–Trinajstić information content (AvgIpc) is 2.59. The molecule has 0 amide bonds. The second-order valence-electron chi connectivity index (χ2n) is 4.14. The molecule has 0 atom stereocenters. The first kappa shape index (κ1) is 15.3. The molecule has 0 unspecified atom stereocenters. The highest BCUT2D eigenvalue weighted by molar-refractivity contribution is 5.98. The summed E-state index contributed by atoms with van der Waals surface area (Å²) in [4.78, 5) is 20.8. The third-order valence-corrected chi connectivity index (χ3v) is 2.81. The molecule has 0 aliphatic carbocycles. The van der Waals surface area contributed by atoms with Gasteiger partial charge in [-0.1, -0.05) is 11.2 Å². The van der Waals surface area contributed by atoms with Gasteiger partial charge in [0.2, 0.25) is 0 Å². The van der Waals surface area contributed by atoms with Crippen molar-refractivity contribution in [2.45, 2.75) is 0 Å². The number of hydrogen-bond donors (Lipinski definition) is 1. The zero-order valence-electron chi connectivity index (χ0n) is 12.1. The SMILES string of the molecule is COc1cccc(C(=O)O/N=C(/N)c2cccnc2)c1OC. The van der Waals surface area contributed by atoms with Crippen molar-refractivity contribution < 1.29 is 19.1 Å². The van der Waals surface area contributed by atoms with Crippen molar-refractivity contribution in [2.75, 3.05) is 14.2 Å². The van der Waals surface area contributed by atoms with Crippen LogP contribution in [0.3, 0.4) is 0 Å². The first-order valence-electron chi connectivity index (χ1n) is 6.33. The minimum absolute atomic E-state index is 0.0447. The van der Waals surface area contributed by atoms with Crippen molar-refractivity contribution in [3.05, 3.63) is 53.9 Å². The van der Waals surface area contributed by atoms with Crippen LogP contribution in [0.4, 0.5) is 0 Å². The van der Waals surface area contributed by atoms with Gasteiger partial charge in [-0.3, -0.25) is 4.98 Å². The number of para-hydroxylation sites is 1. The maximum absolute atomic E-state index is 12.1. The maximum Gasteiger partial charge on any atom is 0.369 e. The monoisotopic (exact) mass is 301 g/mol. The number of oxime groups is 1. The number of hydrogen-bond acceptors (Lipinski definition) is 6.